The van der Waals surface area contributed by atoms with Gasteiger partial charge in [-0.15, -0.1) is 0 Å². The van der Waals surface area contributed by atoms with Crippen LogP contribution in [0.5, 0.6) is 0 Å². The lowest BCUT2D eigenvalue weighted by atomic mass is 9.95. The Balaban J connectivity index is 1.79. The summed E-state index contributed by atoms with van der Waals surface area (Å²) in [6, 6.07) is 1.65. The largest absolute Gasteiger partial charge is 0.311 e. The Labute approximate surface area is 98.8 Å². The van der Waals surface area contributed by atoms with E-state index in [0.717, 1.165) is 18.0 Å². The molecule has 1 aliphatic carbocycles. The zero-order chi connectivity index (χ0) is 10.5. The van der Waals surface area contributed by atoms with Gasteiger partial charge in [-0.1, -0.05) is 26.2 Å². The van der Waals surface area contributed by atoms with E-state index in [4.69, 9.17) is 0 Å². The molecule has 2 unspecified atom stereocenters. The van der Waals surface area contributed by atoms with E-state index in [2.05, 4.69) is 24.0 Å². The first-order valence-corrected chi connectivity index (χ1v) is 7.85. The van der Waals surface area contributed by atoms with E-state index < -0.39 is 0 Å². The van der Waals surface area contributed by atoms with Crippen LogP contribution in [0.4, 0.5) is 0 Å². The van der Waals surface area contributed by atoms with Crippen LogP contribution in [-0.2, 0) is 0 Å². The summed E-state index contributed by atoms with van der Waals surface area (Å²) in [6.07, 6.45) is 10.0. The van der Waals surface area contributed by atoms with Gasteiger partial charge in [0, 0.05) is 12.1 Å². The van der Waals surface area contributed by atoms with Crippen LogP contribution in [-0.4, -0.2) is 23.6 Å². The average Bonchev–Trinajstić information content (AvgIpc) is 2.46. The summed E-state index contributed by atoms with van der Waals surface area (Å²) in [7, 11) is 0. The Morgan fingerprint density at radius 1 is 0.933 bits per heavy atom. The molecule has 1 aliphatic heterocycles. The van der Waals surface area contributed by atoms with Gasteiger partial charge in [0.05, 0.1) is 0 Å². The van der Waals surface area contributed by atoms with Crippen molar-refractivity contribution in [3.05, 3.63) is 0 Å². The Bertz CT molecular complexity index is 177. The first kappa shape index (κ1) is 11.8. The van der Waals surface area contributed by atoms with Crippen LogP contribution in [0.1, 0.15) is 51.9 Å². The van der Waals surface area contributed by atoms with Gasteiger partial charge in [0.2, 0.25) is 0 Å². The van der Waals surface area contributed by atoms with Gasteiger partial charge in [0.15, 0.2) is 0 Å². The van der Waals surface area contributed by atoms with Gasteiger partial charge in [0.25, 0.3) is 0 Å². The molecular weight excluding hydrogens is 202 g/mol. The van der Waals surface area contributed by atoms with Gasteiger partial charge >= 0.3 is 0 Å². The minimum atomic E-state index is 0.820. The Morgan fingerprint density at radius 2 is 1.67 bits per heavy atom. The third-order valence-electron chi connectivity index (χ3n) is 4.03. The van der Waals surface area contributed by atoms with Crippen molar-refractivity contribution in [2.45, 2.75) is 64.0 Å². The molecule has 0 aromatic carbocycles. The monoisotopic (exact) mass is 227 g/mol. The molecule has 1 saturated heterocycles. The average molecular weight is 227 g/mol. The second-order valence-corrected chi connectivity index (χ2v) is 6.50. The number of hydrogen-bond donors (Lipinski definition) is 1. The lowest BCUT2D eigenvalue weighted by molar-refractivity contribution is 0.310. The molecular formula is C13H25NS. The van der Waals surface area contributed by atoms with Crippen molar-refractivity contribution in [3.8, 4) is 0 Å². The maximum absolute atomic E-state index is 3.93. The van der Waals surface area contributed by atoms with Crippen LogP contribution in [0.3, 0.4) is 0 Å². The van der Waals surface area contributed by atoms with Crippen LogP contribution < -0.4 is 5.32 Å². The molecule has 0 radical (unpaired) electrons. The third kappa shape index (κ3) is 3.67. The molecule has 2 aliphatic rings. The van der Waals surface area contributed by atoms with E-state index in [1.807, 2.05) is 0 Å². The van der Waals surface area contributed by atoms with Gasteiger partial charge in [-0.3, -0.25) is 0 Å². The van der Waals surface area contributed by atoms with Crippen molar-refractivity contribution in [1.29, 1.82) is 0 Å². The molecule has 0 spiro atoms. The van der Waals surface area contributed by atoms with Gasteiger partial charge in [-0.05, 0) is 43.1 Å². The highest BCUT2D eigenvalue weighted by Crippen LogP contribution is 2.25. The van der Waals surface area contributed by atoms with Gasteiger partial charge < -0.3 is 5.32 Å². The van der Waals surface area contributed by atoms with Gasteiger partial charge in [0.1, 0.15) is 0 Å². The molecule has 15 heavy (non-hydrogen) atoms. The van der Waals surface area contributed by atoms with Crippen molar-refractivity contribution < 1.29 is 0 Å². The summed E-state index contributed by atoms with van der Waals surface area (Å²) in [4.78, 5) is 0. The Morgan fingerprint density at radius 3 is 2.47 bits per heavy atom. The third-order valence-corrected chi connectivity index (χ3v) is 5.08. The predicted octanol–water partition coefficient (Wildman–Crippen LogP) is 3.44. The summed E-state index contributed by atoms with van der Waals surface area (Å²) in [5.41, 5.74) is 0. The molecule has 0 amide bonds. The summed E-state index contributed by atoms with van der Waals surface area (Å²) in [6.45, 7) is 2.45. The zero-order valence-corrected chi connectivity index (χ0v) is 10.8. The zero-order valence-electron chi connectivity index (χ0n) is 10.0. The molecule has 2 rings (SSSR count). The number of rotatable bonds is 2. The summed E-state index contributed by atoms with van der Waals surface area (Å²) >= 11 is 2.13. The normalized spacial score (nSPS) is 35.0. The smallest absolute Gasteiger partial charge is 0.00952 e. The van der Waals surface area contributed by atoms with Crippen LogP contribution in [0.25, 0.3) is 0 Å². The molecule has 0 aromatic heterocycles. The maximum atomic E-state index is 3.93. The van der Waals surface area contributed by atoms with Crippen LogP contribution in [0.2, 0.25) is 0 Å². The van der Waals surface area contributed by atoms with E-state index in [-0.39, 0.29) is 0 Å². The van der Waals surface area contributed by atoms with Crippen LogP contribution in [0, 0.1) is 5.92 Å². The second kappa shape index (κ2) is 6.15. The lowest BCUT2D eigenvalue weighted by Gasteiger charge is -2.30. The second-order valence-electron chi connectivity index (χ2n) is 5.28. The van der Waals surface area contributed by atoms with Gasteiger partial charge in [-0.25, -0.2) is 0 Å². The Hall–Kier alpha value is 0.310. The maximum Gasteiger partial charge on any atom is 0.00952 e. The van der Waals surface area contributed by atoms with E-state index in [9.17, 15) is 0 Å². The summed E-state index contributed by atoms with van der Waals surface area (Å²) in [5, 5.41) is 3.93. The lowest BCUT2D eigenvalue weighted by Crippen LogP contribution is -2.43. The number of hydrogen-bond acceptors (Lipinski definition) is 2. The molecule has 2 fully saturated rings. The SMILES string of the molecule is CC1CCCCCC1NC1CCSCC1. The molecule has 1 saturated carbocycles. The summed E-state index contributed by atoms with van der Waals surface area (Å²) in [5.74, 6) is 3.65. The van der Waals surface area contributed by atoms with Crippen LogP contribution >= 0.6 is 11.8 Å². The van der Waals surface area contributed by atoms with E-state index in [1.54, 1.807) is 0 Å². The van der Waals surface area contributed by atoms with E-state index >= 15 is 0 Å². The van der Waals surface area contributed by atoms with Crippen molar-refractivity contribution in [2.24, 2.45) is 5.92 Å². The number of thioether (sulfide) groups is 1. The molecule has 2 heteroatoms. The summed E-state index contributed by atoms with van der Waals surface area (Å²) < 4.78 is 0. The quantitative estimate of drug-likeness (QED) is 0.725. The van der Waals surface area contributed by atoms with Crippen molar-refractivity contribution in [3.63, 3.8) is 0 Å². The topological polar surface area (TPSA) is 12.0 Å². The molecule has 1 heterocycles. The molecule has 88 valence electrons. The molecule has 0 aromatic rings. The molecule has 1 N–H and O–H groups in total. The van der Waals surface area contributed by atoms with Crippen molar-refractivity contribution in [1.82, 2.24) is 5.32 Å². The van der Waals surface area contributed by atoms with Gasteiger partial charge in [-0.2, -0.15) is 11.8 Å². The first-order chi connectivity index (χ1) is 7.36. The van der Waals surface area contributed by atoms with Crippen molar-refractivity contribution >= 4 is 11.8 Å². The molecule has 2 atom stereocenters. The fraction of sp³-hybridized carbons (Fsp3) is 1.00. The highest BCUT2D eigenvalue weighted by atomic mass is 32.2. The Kier molecular flexibility index (Phi) is 4.83. The number of nitrogens with one attached hydrogen (secondary N) is 1. The van der Waals surface area contributed by atoms with E-state index in [0.29, 0.717) is 0 Å². The minimum absolute atomic E-state index is 0.820. The standard InChI is InChI=1S/C13H25NS/c1-11-5-3-2-4-6-13(11)14-12-7-9-15-10-8-12/h11-14H,2-10H2,1H3. The minimum Gasteiger partial charge on any atom is -0.311 e. The van der Waals surface area contributed by atoms with Crippen LogP contribution in [0.15, 0.2) is 0 Å². The van der Waals surface area contributed by atoms with Crippen molar-refractivity contribution in [2.75, 3.05) is 11.5 Å². The predicted molar refractivity (Wildman–Crippen MR) is 69.5 cm³/mol. The van der Waals surface area contributed by atoms with E-state index in [1.165, 1.54) is 56.5 Å². The fourth-order valence-electron chi connectivity index (χ4n) is 2.91. The fourth-order valence-corrected chi connectivity index (χ4v) is 4.01. The molecule has 0 bridgehead atoms. The first-order valence-electron chi connectivity index (χ1n) is 6.70. The highest BCUT2D eigenvalue weighted by Gasteiger charge is 2.23. The molecule has 1 nitrogen and oxygen atoms in total. The highest BCUT2D eigenvalue weighted by molar-refractivity contribution is 7.99.